The molecule has 1 heterocycles. The van der Waals surface area contributed by atoms with Crippen molar-refractivity contribution in [3.05, 3.63) is 82.0 Å². The van der Waals surface area contributed by atoms with Crippen molar-refractivity contribution < 1.29 is 0 Å². The highest BCUT2D eigenvalue weighted by Gasteiger charge is 2.15. The molecule has 0 amide bonds. The zero-order valence-electron chi connectivity index (χ0n) is 15.0. The maximum atomic E-state index is 6.20. The zero-order valence-corrected chi connectivity index (χ0v) is 16.5. The first-order valence-corrected chi connectivity index (χ1v) is 9.62. The number of benzene rings is 3. The molecular weight excluding hydrogens is 391 g/mol. The fraction of sp³-hybridized carbons (Fsp3) is 0.0909. The number of rotatable bonds is 4. The molecule has 3 aromatic carbocycles. The lowest BCUT2D eigenvalue weighted by molar-refractivity contribution is 0.916. The molecule has 0 saturated heterocycles. The van der Waals surface area contributed by atoms with E-state index in [4.69, 9.17) is 34.7 Å². The standard InChI is InChI=1S/C22H18Cl2N4/c23-17-10-8-15(12-18(17)24)20-19(27-22(26)28-21(20)25)11-9-14-6-3-5-13-4-1-2-7-16(13)14/h1-8,10,12H,9,11H2,(H4,25,26,27,28). The number of anilines is 2. The maximum absolute atomic E-state index is 6.20. The van der Waals surface area contributed by atoms with Gasteiger partial charge >= 0.3 is 0 Å². The molecule has 4 aromatic rings. The average Bonchev–Trinajstić information content (AvgIpc) is 2.68. The van der Waals surface area contributed by atoms with E-state index in [1.54, 1.807) is 12.1 Å². The van der Waals surface area contributed by atoms with Crippen molar-refractivity contribution in [3.8, 4) is 11.1 Å². The minimum absolute atomic E-state index is 0.161. The molecular formula is C22H18Cl2N4. The summed E-state index contributed by atoms with van der Waals surface area (Å²) in [5.41, 5.74) is 15.7. The van der Waals surface area contributed by atoms with Crippen LogP contribution in [0, 0.1) is 0 Å². The van der Waals surface area contributed by atoms with Crippen molar-refractivity contribution in [2.45, 2.75) is 12.8 Å². The van der Waals surface area contributed by atoms with E-state index in [0.717, 1.165) is 23.2 Å². The molecule has 0 atom stereocenters. The summed E-state index contributed by atoms with van der Waals surface area (Å²) >= 11 is 12.3. The van der Waals surface area contributed by atoms with Gasteiger partial charge < -0.3 is 11.5 Å². The van der Waals surface area contributed by atoms with E-state index >= 15 is 0 Å². The molecule has 0 aliphatic rings. The molecule has 0 unspecified atom stereocenters. The van der Waals surface area contributed by atoms with Crippen LogP contribution in [0.25, 0.3) is 21.9 Å². The summed E-state index contributed by atoms with van der Waals surface area (Å²) in [6, 6.07) is 20.0. The smallest absolute Gasteiger partial charge is 0.222 e. The van der Waals surface area contributed by atoms with Gasteiger partial charge in [0.2, 0.25) is 5.95 Å². The first kappa shape index (κ1) is 18.5. The van der Waals surface area contributed by atoms with Gasteiger partial charge in [0.1, 0.15) is 5.82 Å². The summed E-state index contributed by atoms with van der Waals surface area (Å²) < 4.78 is 0. The largest absolute Gasteiger partial charge is 0.383 e. The number of nitrogen functional groups attached to an aromatic ring is 2. The molecule has 4 rings (SSSR count). The quantitative estimate of drug-likeness (QED) is 0.463. The molecule has 0 spiro atoms. The van der Waals surface area contributed by atoms with Crippen LogP contribution in [0.5, 0.6) is 0 Å². The van der Waals surface area contributed by atoms with Crippen molar-refractivity contribution in [2.24, 2.45) is 0 Å². The highest BCUT2D eigenvalue weighted by molar-refractivity contribution is 6.42. The fourth-order valence-corrected chi connectivity index (χ4v) is 3.76. The molecule has 0 radical (unpaired) electrons. The maximum Gasteiger partial charge on any atom is 0.222 e. The summed E-state index contributed by atoms with van der Waals surface area (Å²) in [4.78, 5) is 8.60. The van der Waals surface area contributed by atoms with E-state index in [2.05, 4.69) is 40.3 Å². The van der Waals surface area contributed by atoms with Gasteiger partial charge in [0.25, 0.3) is 0 Å². The molecule has 0 fully saturated rings. The Morgan fingerprint density at radius 3 is 2.39 bits per heavy atom. The van der Waals surface area contributed by atoms with Crippen LogP contribution in [0.2, 0.25) is 10.0 Å². The van der Waals surface area contributed by atoms with Crippen LogP contribution >= 0.6 is 23.2 Å². The second-order valence-electron chi connectivity index (χ2n) is 6.56. The van der Waals surface area contributed by atoms with Gasteiger partial charge in [-0.05, 0) is 46.9 Å². The summed E-state index contributed by atoms with van der Waals surface area (Å²) in [6.45, 7) is 0. The molecule has 4 N–H and O–H groups in total. The van der Waals surface area contributed by atoms with Crippen LogP contribution in [0.1, 0.15) is 11.3 Å². The molecule has 140 valence electrons. The third-order valence-corrected chi connectivity index (χ3v) is 5.49. The van der Waals surface area contributed by atoms with Gasteiger partial charge in [0, 0.05) is 5.56 Å². The van der Waals surface area contributed by atoms with Crippen molar-refractivity contribution >= 4 is 45.7 Å². The van der Waals surface area contributed by atoms with Crippen LogP contribution in [-0.4, -0.2) is 9.97 Å². The molecule has 0 saturated carbocycles. The van der Waals surface area contributed by atoms with Crippen molar-refractivity contribution in [2.75, 3.05) is 11.5 Å². The third-order valence-electron chi connectivity index (χ3n) is 4.75. The van der Waals surface area contributed by atoms with Gasteiger partial charge in [-0.1, -0.05) is 71.7 Å². The lowest BCUT2D eigenvalue weighted by Crippen LogP contribution is -2.08. The third kappa shape index (κ3) is 3.61. The van der Waals surface area contributed by atoms with Crippen LogP contribution in [0.4, 0.5) is 11.8 Å². The van der Waals surface area contributed by atoms with E-state index in [1.165, 1.54) is 16.3 Å². The van der Waals surface area contributed by atoms with Crippen LogP contribution in [0.15, 0.2) is 60.7 Å². The number of hydrogen-bond acceptors (Lipinski definition) is 4. The molecule has 0 aliphatic carbocycles. The minimum Gasteiger partial charge on any atom is -0.383 e. The monoisotopic (exact) mass is 408 g/mol. The number of nitrogens with two attached hydrogens (primary N) is 2. The predicted octanol–water partition coefficient (Wildman–Crippen LogP) is 5.55. The molecule has 1 aromatic heterocycles. The van der Waals surface area contributed by atoms with E-state index in [9.17, 15) is 0 Å². The normalized spacial score (nSPS) is 11.1. The molecule has 0 aliphatic heterocycles. The Hall–Kier alpha value is -2.82. The van der Waals surface area contributed by atoms with Gasteiger partial charge in [-0.25, -0.2) is 4.98 Å². The van der Waals surface area contributed by atoms with Gasteiger partial charge in [0.15, 0.2) is 0 Å². The molecule has 28 heavy (non-hydrogen) atoms. The number of hydrogen-bond donors (Lipinski definition) is 2. The Bertz CT molecular complexity index is 1170. The van der Waals surface area contributed by atoms with Gasteiger partial charge in [0.05, 0.1) is 15.7 Å². The Balaban J connectivity index is 1.74. The number of fused-ring (bicyclic) bond motifs is 1. The predicted molar refractivity (Wildman–Crippen MR) is 118 cm³/mol. The second-order valence-corrected chi connectivity index (χ2v) is 7.37. The Morgan fingerprint density at radius 1 is 0.786 bits per heavy atom. The SMILES string of the molecule is Nc1nc(N)c(-c2ccc(Cl)c(Cl)c2)c(CCc2cccc3ccccc23)n1. The molecule has 0 bridgehead atoms. The summed E-state index contributed by atoms with van der Waals surface area (Å²) in [5, 5.41) is 3.38. The zero-order chi connectivity index (χ0) is 19.7. The second kappa shape index (κ2) is 7.66. The van der Waals surface area contributed by atoms with Gasteiger partial charge in [-0.3, -0.25) is 0 Å². The summed E-state index contributed by atoms with van der Waals surface area (Å²) in [7, 11) is 0. The fourth-order valence-electron chi connectivity index (χ4n) is 3.46. The number of halogens is 2. The number of aromatic nitrogens is 2. The van der Waals surface area contributed by atoms with Crippen LogP contribution in [-0.2, 0) is 12.8 Å². The molecule has 4 nitrogen and oxygen atoms in total. The van der Waals surface area contributed by atoms with Crippen molar-refractivity contribution in [1.29, 1.82) is 0 Å². The van der Waals surface area contributed by atoms with E-state index < -0.39 is 0 Å². The number of nitrogens with zero attached hydrogens (tertiary/aromatic N) is 2. The Labute approximate surface area is 173 Å². The minimum atomic E-state index is 0.161. The average molecular weight is 409 g/mol. The van der Waals surface area contributed by atoms with Crippen LogP contribution < -0.4 is 11.5 Å². The molecule has 6 heteroatoms. The highest BCUT2D eigenvalue weighted by atomic mass is 35.5. The lowest BCUT2D eigenvalue weighted by Gasteiger charge is -2.13. The Morgan fingerprint density at radius 2 is 1.57 bits per heavy atom. The van der Waals surface area contributed by atoms with Crippen LogP contribution in [0.3, 0.4) is 0 Å². The first-order chi connectivity index (χ1) is 13.5. The van der Waals surface area contributed by atoms with Crippen molar-refractivity contribution in [3.63, 3.8) is 0 Å². The van der Waals surface area contributed by atoms with Crippen molar-refractivity contribution in [1.82, 2.24) is 9.97 Å². The number of aryl methyl sites for hydroxylation is 2. The lowest BCUT2D eigenvalue weighted by atomic mass is 9.97. The Kier molecular flexibility index (Phi) is 5.07. The van der Waals surface area contributed by atoms with Gasteiger partial charge in [-0.15, -0.1) is 0 Å². The van der Waals surface area contributed by atoms with Gasteiger partial charge in [-0.2, -0.15) is 4.98 Å². The van der Waals surface area contributed by atoms with E-state index in [1.807, 2.05) is 18.2 Å². The van der Waals surface area contributed by atoms with E-state index in [-0.39, 0.29) is 5.95 Å². The van der Waals surface area contributed by atoms with E-state index in [0.29, 0.717) is 22.3 Å². The first-order valence-electron chi connectivity index (χ1n) is 8.87. The highest BCUT2D eigenvalue weighted by Crippen LogP contribution is 2.34. The topological polar surface area (TPSA) is 77.8 Å². The summed E-state index contributed by atoms with van der Waals surface area (Å²) in [6.07, 6.45) is 1.46. The summed E-state index contributed by atoms with van der Waals surface area (Å²) in [5.74, 6) is 0.494.